The van der Waals surface area contributed by atoms with E-state index in [9.17, 15) is 0 Å². The maximum absolute atomic E-state index is 4.84. The summed E-state index contributed by atoms with van der Waals surface area (Å²) < 4.78 is 24.9. The van der Waals surface area contributed by atoms with Crippen LogP contribution in [0.4, 0.5) is 0 Å². The van der Waals surface area contributed by atoms with E-state index in [1.54, 1.807) is 11.3 Å². The average molecular weight is 839 g/mol. The highest BCUT2D eigenvalue weighted by Crippen LogP contribution is 2.46. The van der Waals surface area contributed by atoms with Crippen LogP contribution in [-0.2, 0) is 12.8 Å². The van der Waals surface area contributed by atoms with Crippen molar-refractivity contribution in [2.45, 2.75) is 85.5 Å². The van der Waals surface area contributed by atoms with Gasteiger partial charge in [-0.05, 0) is 61.1 Å². The molecular formula is C43H42N4S7. The summed E-state index contributed by atoms with van der Waals surface area (Å²) in [4.78, 5) is 7.97. The first kappa shape index (κ1) is 36.7. The Hall–Kier alpha value is -2.90. The lowest BCUT2D eigenvalue weighted by atomic mass is 9.95. The number of benzene rings is 2. The van der Waals surface area contributed by atoms with E-state index in [1.807, 2.05) is 45.3 Å². The zero-order chi connectivity index (χ0) is 36.8. The Morgan fingerprint density at radius 3 is 1.39 bits per heavy atom. The lowest BCUT2D eigenvalue weighted by Crippen LogP contribution is -2.01. The maximum atomic E-state index is 4.84. The van der Waals surface area contributed by atoms with Gasteiger partial charge in [0.2, 0.25) is 0 Å². The predicted molar refractivity (Wildman–Crippen MR) is 244 cm³/mol. The molecule has 7 aromatic heterocycles. The molecule has 2 aromatic carbocycles. The summed E-state index contributed by atoms with van der Waals surface area (Å²) in [6.07, 6.45) is 11.5. The molecule has 7 heterocycles. The van der Waals surface area contributed by atoms with Gasteiger partial charge in [-0.2, -0.15) is 17.5 Å². The zero-order valence-electron chi connectivity index (χ0n) is 30.9. The molecule has 2 unspecified atom stereocenters. The van der Waals surface area contributed by atoms with Gasteiger partial charge in [0.05, 0.1) is 23.5 Å². The molecule has 54 heavy (non-hydrogen) atoms. The zero-order valence-corrected chi connectivity index (χ0v) is 36.7. The van der Waals surface area contributed by atoms with Crippen LogP contribution in [0.5, 0.6) is 0 Å². The third kappa shape index (κ3) is 7.14. The molecule has 0 amide bonds. The van der Waals surface area contributed by atoms with E-state index < -0.39 is 0 Å². The van der Waals surface area contributed by atoms with Gasteiger partial charge in [0.25, 0.3) is 0 Å². The van der Waals surface area contributed by atoms with Gasteiger partial charge in [0, 0.05) is 70.3 Å². The molecule has 4 nitrogen and oxygen atoms in total. The Bertz CT molecular complexity index is 2630. The van der Waals surface area contributed by atoms with E-state index in [1.165, 1.54) is 140 Å². The number of hydrogen-bond acceptors (Lipinski definition) is 11. The van der Waals surface area contributed by atoms with E-state index in [2.05, 4.69) is 88.4 Å². The summed E-state index contributed by atoms with van der Waals surface area (Å²) in [6, 6.07) is 23.1. The van der Waals surface area contributed by atoms with Crippen LogP contribution in [0.15, 0.2) is 60.7 Å². The van der Waals surface area contributed by atoms with E-state index >= 15 is 0 Å². The van der Waals surface area contributed by atoms with E-state index in [4.69, 9.17) is 17.5 Å². The van der Waals surface area contributed by atoms with Gasteiger partial charge in [0.1, 0.15) is 22.1 Å². The molecule has 0 bridgehead atoms. The summed E-state index contributed by atoms with van der Waals surface area (Å²) in [6.45, 7) is 9.31. The molecule has 0 aliphatic rings. The van der Waals surface area contributed by atoms with Crippen LogP contribution in [0.2, 0.25) is 0 Å². The number of aromatic nitrogens is 4. The van der Waals surface area contributed by atoms with Gasteiger partial charge in [-0.15, -0.1) is 56.7 Å². The molecule has 9 aromatic rings. The highest BCUT2D eigenvalue weighted by molar-refractivity contribution is 7.30. The molecule has 276 valence electrons. The van der Waals surface area contributed by atoms with Crippen LogP contribution in [0.25, 0.3) is 82.6 Å². The van der Waals surface area contributed by atoms with Gasteiger partial charge in [-0.3, -0.25) is 0 Å². The molecule has 0 saturated heterocycles. The average Bonchev–Trinajstić information content (AvgIpc) is 4.02. The van der Waals surface area contributed by atoms with Crippen LogP contribution < -0.4 is 0 Å². The quantitative estimate of drug-likeness (QED) is 0.103. The number of thiophene rings is 5. The topological polar surface area (TPSA) is 51.6 Å². The molecule has 0 radical (unpaired) electrons. The highest BCUT2D eigenvalue weighted by atomic mass is 32.1. The molecule has 0 N–H and O–H groups in total. The first-order valence-corrected chi connectivity index (χ1v) is 24.7. The van der Waals surface area contributed by atoms with Crippen molar-refractivity contribution in [1.82, 2.24) is 17.5 Å². The number of nitrogens with zero attached hydrogens (tertiary/aromatic N) is 4. The van der Waals surface area contributed by atoms with Crippen LogP contribution in [0, 0.1) is 11.8 Å². The third-order valence-electron chi connectivity index (χ3n) is 10.6. The summed E-state index contributed by atoms with van der Waals surface area (Å²) in [5.74, 6) is 1.53. The van der Waals surface area contributed by atoms with Crippen LogP contribution in [0.1, 0.15) is 82.4 Å². The Kier molecular flexibility index (Phi) is 10.8. The second kappa shape index (κ2) is 15.9. The maximum Gasteiger partial charge on any atom is 0.114 e. The van der Waals surface area contributed by atoms with Crippen molar-refractivity contribution in [3.8, 4) is 41.8 Å². The van der Waals surface area contributed by atoms with E-state index in [-0.39, 0.29) is 0 Å². The number of hydrogen-bond donors (Lipinski definition) is 0. The highest BCUT2D eigenvalue weighted by Gasteiger charge is 2.21. The second-order valence-electron chi connectivity index (χ2n) is 14.6. The summed E-state index contributed by atoms with van der Waals surface area (Å²) in [5, 5.41) is 0. The molecule has 2 atom stereocenters. The Morgan fingerprint density at radius 2 is 0.926 bits per heavy atom. The fraction of sp³-hybridized carbons (Fsp3) is 0.349. The van der Waals surface area contributed by atoms with E-state index in [0.717, 1.165) is 45.0 Å². The van der Waals surface area contributed by atoms with Crippen molar-refractivity contribution < 1.29 is 0 Å². The minimum Gasteiger partial charge on any atom is -0.172 e. The lowest BCUT2D eigenvalue weighted by molar-refractivity contribution is 0.452. The van der Waals surface area contributed by atoms with Crippen LogP contribution in [0.3, 0.4) is 0 Å². The van der Waals surface area contributed by atoms with E-state index in [0.29, 0.717) is 0 Å². The van der Waals surface area contributed by atoms with Crippen molar-refractivity contribution in [3.05, 3.63) is 70.4 Å². The number of rotatable bonds is 15. The fourth-order valence-electron chi connectivity index (χ4n) is 7.62. The molecule has 11 heteroatoms. The first-order chi connectivity index (χ1) is 26.5. The molecule has 0 spiro atoms. The smallest absolute Gasteiger partial charge is 0.114 e. The standard InChI is InChI=1S/C43H42N4S7/c1-5-8-10-24(4)18-26-20-36-38(48-26)22-34(51-36)30-14-12-28(40-42(30)46-53-44-40)32-16-17-33(50-32)29-13-15-31(43-41(29)45-54-47-43)35-23-39-37(52-35)21-27(49-39)19-25(7-3)11-9-6-2/h12-17,20-25H,5-11,18-19H2,1-4H3. The normalized spacial score (nSPS) is 13.3. The van der Waals surface area contributed by atoms with Gasteiger partial charge in [-0.25, -0.2) is 0 Å². The summed E-state index contributed by atoms with van der Waals surface area (Å²) in [5.41, 5.74) is 8.59. The molecule has 0 aliphatic carbocycles. The Labute approximate surface area is 345 Å². The van der Waals surface area contributed by atoms with Crippen LogP contribution >= 0.6 is 80.1 Å². The predicted octanol–water partition coefficient (Wildman–Crippen LogP) is 16.1. The van der Waals surface area contributed by atoms with Crippen molar-refractivity contribution in [2.75, 3.05) is 0 Å². The van der Waals surface area contributed by atoms with Crippen molar-refractivity contribution >= 4 is 121 Å². The van der Waals surface area contributed by atoms with Crippen molar-refractivity contribution in [1.29, 1.82) is 0 Å². The van der Waals surface area contributed by atoms with Crippen molar-refractivity contribution in [3.63, 3.8) is 0 Å². The first-order valence-electron chi connectivity index (χ1n) is 19.2. The minimum absolute atomic E-state index is 0.739. The largest absolute Gasteiger partial charge is 0.172 e. The summed E-state index contributed by atoms with van der Waals surface area (Å²) >= 11 is 12.1. The molecule has 0 aliphatic heterocycles. The van der Waals surface area contributed by atoms with Gasteiger partial charge < -0.3 is 0 Å². The SMILES string of the molecule is CCCCC(C)Cc1cc2sc(-c3ccc(-c4ccc(-c5ccc(-c6cc7sc(CC(CC)CCCC)cc7s6)c6nsnc56)s4)c4nsnc34)cc2s1. The minimum atomic E-state index is 0.739. The molecular weight excluding hydrogens is 797 g/mol. The monoisotopic (exact) mass is 838 g/mol. The number of unbranched alkanes of at least 4 members (excludes halogenated alkanes) is 2. The Balaban J connectivity index is 0.967. The molecule has 0 fully saturated rings. The molecule has 9 rings (SSSR count). The van der Waals surface area contributed by atoms with Gasteiger partial charge in [-0.1, -0.05) is 96.9 Å². The fourth-order valence-corrected chi connectivity index (χ4v) is 15.0. The Morgan fingerprint density at radius 1 is 0.481 bits per heavy atom. The summed E-state index contributed by atoms with van der Waals surface area (Å²) in [7, 11) is 0. The number of fused-ring (bicyclic) bond motifs is 4. The van der Waals surface area contributed by atoms with Gasteiger partial charge >= 0.3 is 0 Å². The van der Waals surface area contributed by atoms with Gasteiger partial charge in [0.15, 0.2) is 0 Å². The van der Waals surface area contributed by atoms with Crippen molar-refractivity contribution in [2.24, 2.45) is 11.8 Å². The lowest BCUT2D eigenvalue weighted by Gasteiger charge is -2.12. The van der Waals surface area contributed by atoms with Crippen LogP contribution in [-0.4, -0.2) is 17.5 Å². The molecule has 0 saturated carbocycles. The third-order valence-corrected chi connectivity index (χ3v) is 17.6. The second-order valence-corrected chi connectivity index (χ2v) is 21.2.